The first kappa shape index (κ1) is 16.0. The molecule has 0 radical (unpaired) electrons. The summed E-state index contributed by atoms with van der Waals surface area (Å²) in [6.07, 6.45) is 0.798. The first-order chi connectivity index (χ1) is 8.77. The van der Waals surface area contributed by atoms with E-state index in [9.17, 15) is 8.42 Å². The molecule has 5 heteroatoms. The second-order valence-electron chi connectivity index (χ2n) is 4.87. The molecule has 19 heavy (non-hydrogen) atoms. The minimum Gasteiger partial charge on any atom is -0.398 e. The van der Waals surface area contributed by atoms with Gasteiger partial charge < -0.3 is 5.73 Å². The Hall–Kier alpha value is -1.07. The van der Waals surface area contributed by atoms with Crippen molar-refractivity contribution < 1.29 is 8.42 Å². The molecular weight excluding hydrogens is 260 g/mol. The van der Waals surface area contributed by atoms with E-state index in [-0.39, 0.29) is 0 Å². The lowest BCUT2D eigenvalue weighted by atomic mass is 10.1. The van der Waals surface area contributed by atoms with Gasteiger partial charge >= 0.3 is 0 Å². The highest BCUT2D eigenvalue weighted by atomic mass is 32.2. The molecule has 0 aliphatic carbocycles. The van der Waals surface area contributed by atoms with Crippen LogP contribution in [-0.2, 0) is 10.0 Å². The smallest absolute Gasteiger partial charge is 0.243 e. The standard InChI is InChI=1S/C14H24N2O2S/c1-6-8-16(7-2)19(17,18)14-11(4)9-10(3)13(15)12(14)5/h9H,6-8,15H2,1-5H3. The second kappa shape index (κ2) is 5.92. The Bertz CT molecular complexity index is 565. The van der Waals surface area contributed by atoms with Gasteiger partial charge in [-0.1, -0.05) is 19.9 Å². The molecule has 0 bridgehead atoms. The van der Waals surface area contributed by atoms with Crippen molar-refractivity contribution in [3.63, 3.8) is 0 Å². The summed E-state index contributed by atoms with van der Waals surface area (Å²) in [5, 5.41) is 0. The van der Waals surface area contributed by atoms with E-state index in [0.29, 0.717) is 29.2 Å². The zero-order valence-electron chi connectivity index (χ0n) is 12.4. The zero-order valence-corrected chi connectivity index (χ0v) is 13.3. The van der Waals surface area contributed by atoms with Gasteiger partial charge in [-0.3, -0.25) is 0 Å². The fraction of sp³-hybridized carbons (Fsp3) is 0.571. The van der Waals surface area contributed by atoms with Crippen LogP contribution in [0.2, 0.25) is 0 Å². The predicted octanol–water partition coefficient (Wildman–Crippen LogP) is 2.61. The number of nitrogen functional groups attached to an aromatic ring is 1. The van der Waals surface area contributed by atoms with Gasteiger partial charge in [0.1, 0.15) is 0 Å². The average molecular weight is 284 g/mol. The summed E-state index contributed by atoms with van der Waals surface area (Å²) < 4.78 is 27.0. The summed E-state index contributed by atoms with van der Waals surface area (Å²) in [4.78, 5) is 0.367. The Labute approximate surface area is 116 Å². The van der Waals surface area contributed by atoms with Gasteiger partial charge in [-0.15, -0.1) is 0 Å². The lowest BCUT2D eigenvalue weighted by molar-refractivity contribution is 0.426. The SMILES string of the molecule is CCCN(CC)S(=O)(=O)c1c(C)cc(C)c(N)c1C. The quantitative estimate of drug-likeness (QED) is 0.845. The van der Waals surface area contributed by atoms with Gasteiger partial charge in [-0.2, -0.15) is 4.31 Å². The van der Waals surface area contributed by atoms with Crippen LogP contribution >= 0.6 is 0 Å². The van der Waals surface area contributed by atoms with E-state index in [1.54, 1.807) is 6.92 Å². The Balaban J connectivity index is 3.49. The fourth-order valence-electron chi connectivity index (χ4n) is 2.41. The van der Waals surface area contributed by atoms with E-state index in [0.717, 1.165) is 17.5 Å². The molecule has 2 N–H and O–H groups in total. The minimum absolute atomic E-state index is 0.367. The number of hydrogen-bond acceptors (Lipinski definition) is 3. The Morgan fingerprint density at radius 2 is 1.74 bits per heavy atom. The number of aryl methyl sites for hydroxylation is 2. The third kappa shape index (κ3) is 2.92. The van der Waals surface area contributed by atoms with E-state index >= 15 is 0 Å². The van der Waals surface area contributed by atoms with E-state index in [2.05, 4.69) is 0 Å². The summed E-state index contributed by atoms with van der Waals surface area (Å²) in [6, 6.07) is 1.84. The molecule has 0 heterocycles. The van der Waals surface area contributed by atoms with Crippen molar-refractivity contribution in [2.45, 2.75) is 45.9 Å². The summed E-state index contributed by atoms with van der Waals surface area (Å²) in [5.41, 5.74) is 8.89. The molecule has 0 saturated heterocycles. The number of nitrogens with two attached hydrogens (primary N) is 1. The van der Waals surface area contributed by atoms with Crippen molar-refractivity contribution in [1.29, 1.82) is 0 Å². The van der Waals surface area contributed by atoms with Gasteiger partial charge in [0.2, 0.25) is 10.0 Å². The van der Waals surface area contributed by atoms with Gasteiger partial charge in [0, 0.05) is 18.8 Å². The van der Waals surface area contributed by atoms with Crippen LogP contribution in [0.1, 0.15) is 37.0 Å². The minimum atomic E-state index is -3.46. The van der Waals surface area contributed by atoms with Crippen LogP contribution in [0.5, 0.6) is 0 Å². The summed E-state index contributed by atoms with van der Waals surface area (Å²) >= 11 is 0. The Morgan fingerprint density at radius 1 is 1.16 bits per heavy atom. The van der Waals surface area contributed by atoms with Crippen molar-refractivity contribution in [3.8, 4) is 0 Å². The van der Waals surface area contributed by atoms with Crippen LogP contribution in [0.3, 0.4) is 0 Å². The summed E-state index contributed by atoms with van der Waals surface area (Å²) in [5.74, 6) is 0. The van der Waals surface area contributed by atoms with Crippen molar-refractivity contribution in [2.75, 3.05) is 18.8 Å². The maximum absolute atomic E-state index is 12.7. The van der Waals surface area contributed by atoms with Crippen LogP contribution in [0.4, 0.5) is 5.69 Å². The molecule has 0 aromatic heterocycles. The number of anilines is 1. The van der Waals surface area contributed by atoms with Crippen molar-refractivity contribution in [3.05, 3.63) is 22.8 Å². The van der Waals surface area contributed by atoms with E-state index in [1.165, 1.54) is 4.31 Å². The number of sulfonamides is 1. The second-order valence-corrected chi connectivity index (χ2v) is 6.75. The molecule has 0 saturated carbocycles. The molecule has 0 atom stereocenters. The molecule has 0 spiro atoms. The monoisotopic (exact) mass is 284 g/mol. The predicted molar refractivity (Wildman–Crippen MR) is 79.8 cm³/mol. The molecule has 0 amide bonds. The maximum Gasteiger partial charge on any atom is 0.243 e. The van der Waals surface area contributed by atoms with Crippen LogP contribution in [0, 0.1) is 20.8 Å². The molecule has 108 valence electrons. The van der Waals surface area contributed by atoms with Crippen LogP contribution in [0.25, 0.3) is 0 Å². The van der Waals surface area contributed by atoms with Crippen molar-refractivity contribution in [2.24, 2.45) is 0 Å². The Kier molecular flexibility index (Phi) is 4.98. The first-order valence-electron chi connectivity index (χ1n) is 6.63. The first-order valence-corrected chi connectivity index (χ1v) is 8.07. The van der Waals surface area contributed by atoms with Crippen molar-refractivity contribution >= 4 is 15.7 Å². The van der Waals surface area contributed by atoms with Crippen LogP contribution in [-0.4, -0.2) is 25.8 Å². The van der Waals surface area contributed by atoms with E-state index in [1.807, 2.05) is 33.8 Å². The van der Waals surface area contributed by atoms with Crippen molar-refractivity contribution in [1.82, 2.24) is 4.31 Å². The van der Waals surface area contributed by atoms with Gasteiger partial charge in [0.05, 0.1) is 4.90 Å². The highest BCUT2D eigenvalue weighted by Crippen LogP contribution is 2.30. The lowest BCUT2D eigenvalue weighted by Crippen LogP contribution is -2.32. The van der Waals surface area contributed by atoms with Gasteiger partial charge in [0.15, 0.2) is 0 Å². The molecule has 1 aromatic carbocycles. The topological polar surface area (TPSA) is 63.4 Å². The number of rotatable bonds is 5. The normalized spacial score (nSPS) is 12.1. The third-order valence-corrected chi connectivity index (χ3v) is 5.65. The molecule has 0 unspecified atom stereocenters. The third-order valence-electron chi connectivity index (χ3n) is 3.38. The number of hydrogen-bond donors (Lipinski definition) is 1. The van der Waals surface area contributed by atoms with E-state index in [4.69, 9.17) is 5.73 Å². The zero-order chi connectivity index (χ0) is 14.8. The maximum atomic E-state index is 12.7. The molecular formula is C14H24N2O2S. The highest BCUT2D eigenvalue weighted by Gasteiger charge is 2.27. The van der Waals surface area contributed by atoms with Gasteiger partial charge in [0.25, 0.3) is 0 Å². The molecule has 4 nitrogen and oxygen atoms in total. The van der Waals surface area contributed by atoms with E-state index < -0.39 is 10.0 Å². The molecule has 0 fully saturated rings. The number of benzene rings is 1. The summed E-state index contributed by atoms with van der Waals surface area (Å²) in [6.45, 7) is 10.3. The molecule has 1 rings (SSSR count). The molecule has 0 aliphatic heterocycles. The largest absolute Gasteiger partial charge is 0.398 e. The Morgan fingerprint density at radius 3 is 2.21 bits per heavy atom. The lowest BCUT2D eigenvalue weighted by Gasteiger charge is -2.23. The number of nitrogens with zero attached hydrogens (tertiary/aromatic N) is 1. The van der Waals surface area contributed by atoms with Crippen LogP contribution in [0.15, 0.2) is 11.0 Å². The van der Waals surface area contributed by atoms with Crippen LogP contribution < -0.4 is 5.73 Å². The van der Waals surface area contributed by atoms with Gasteiger partial charge in [-0.25, -0.2) is 8.42 Å². The summed E-state index contributed by atoms with van der Waals surface area (Å²) in [7, 11) is -3.46. The molecule has 0 aliphatic rings. The highest BCUT2D eigenvalue weighted by molar-refractivity contribution is 7.89. The average Bonchev–Trinajstić information content (AvgIpc) is 2.32. The van der Waals surface area contributed by atoms with Gasteiger partial charge in [-0.05, 0) is 43.9 Å². The molecule has 1 aromatic rings. The fourth-order valence-corrected chi connectivity index (χ4v) is 4.39.